The molecular weight excluding hydrogens is 294 g/mol. The second kappa shape index (κ2) is 8.95. The van der Waals surface area contributed by atoms with Gasteiger partial charge in [0.1, 0.15) is 0 Å². The van der Waals surface area contributed by atoms with E-state index in [4.69, 9.17) is 0 Å². The molecule has 3 heteroatoms. The molecule has 3 rings (SSSR count). The van der Waals surface area contributed by atoms with Crippen LogP contribution in [0.4, 0.5) is 0 Å². The summed E-state index contributed by atoms with van der Waals surface area (Å²) in [5.74, 6) is 0. The highest BCUT2D eigenvalue weighted by atomic mass is 15.2. The first kappa shape index (κ1) is 17.1. The molecule has 24 heavy (non-hydrogen) atoms. The van der Waals surface area contributed by atoms with Crippen molar-refractivity contribution in [1.82, 2.24) is 14.8 Å². The molecule has 1 saturated heterocycles. The quantitative estimate of drug-likeness (QED) is 0.740. The lowest BCUT2D eigenvalue weighted by Crippen LogP contribution is -2.40. The molecule has 0 bridgehead atoms. The first-order chi connectivity index (χ1) is 11.8. The van der Waals surface area contributed by atoms with Gasteiger partial charge in [0.25, 0.3) is 0 Å². The minimum atomic E-state index is 0.715. The highest BCUT2D eigenvalue weighted by Crippen LogP contribution is 2.19. The van der Waals surface area contributed by atoms with Gasteiger partial charge >= 0.3 is 0 Å². The van der Waals surface area contributed by atoms with Crippen molar-refractivity contribution in [3.05, 3.63) is 66.0 Å². The Morgan fingerprint density at radius 3 is 2.62 bits per heavy atom. The molecule has 1 aromatic heterocycles. The van der Waals surface area contributed by atoms with Gasteiger partial charge in [0.2, 0.25) is 0 Å². The highest BCUT2D eigenvalue weighted by Gasteiger charge is 2.25. The Labute approximate surface area is 146 Å². The van der Waals surface area contributed by atoms with Crippen LogP contribution in [0.15, 0.2) is 54.9 Å². The van der Waals surface area contributed by atoms with Crippen LogP contribution in [-0.4, -0.2) is 47.0 Å². The number of hydrogen-bond acceptors (Lipinski definition) is 3. The van der Waals surface area contributed by atoms with E-state index in [9.17, 15) is 0 Å². The Kier molecular flexibility index (Phi) is 6.39. The average molecular weight is 323 g/mol. The van der Waals surface area contributed by atoms with Crippen LogP contribution in [0, 0.1) is 0 Å². The maximum absolute atomic E-state index is 4.15. The van der Waals surface area contributed by atoms with Gasteiger partial charge in [-0.05, 0) is 55.6 Å². The molecule has 0 aliphatic carbocycles. The van der Waals surface area contributed by atoms with Crippen LogP contribution >= 0.6 is 0 Å². The maximum atomic E-state index is 4.15. The highest BCUT2D eigenvalue weighted by molar-refractivity contribution is 5.15. The van der Waals surface area contributed by atoms with Gasteiger partial charge in [-0.25, -0.2) is 0 Å². The van der Waals surface area contributed by atoms with E-state index >= 15 is 0 Å². The third kappa shape index (κ3) is 4.89. The van der Waals surface area contributed by atoms with Crippen LogP contribution in [0.2, 0.25) is 0 Å². The smallest absolute Gasteiger partial charge is 0.0271 e. The summed E-state index contributed by atoms with van der Waals surface area (Å²) in [6, 6.07) is 15.8. The van der Waals surface area contributed by atoms with Gasteiger partial charge in [-0.3, -0.25) is 14.8 Å². The van der Waals surface area contributed by atoms with E-state index in [0.29, 0.717) is 6.04 Å². The lowest BCUT2D eigenvalue weighted by molar-refractivity contribution is 0.172. The third-order valence-electron chi connectivity index (χ3n) is 5.09. The molecule has 1 aliphatic heterocycles. The number of hydrogen-bond donors (Lipinski definition) is 0. The molecule has 1 fully saturated rings. The van der Waals surface area contributed by atoms with Crippen molar-refractivity contribution >= 4 is 0 Å². The third-order valence-corrected chi connectivity index (χ3v) is 5.09. The first-order valence-electron chi connectivity index (χ1n) is 9.24. The van der Waals surface area contributed by atoms with E-state index in [1.54, 1.807) is 0 Å². The zero-order chi connectivity index (χ0) is 16.6. The molecule has 1 atom stereocenters. The number of nitrogens with zero attached hydrogens (tertiary/aromatic N) is 3. The maximum Gasteiger partial charge on any atom is 0.0271 e. The number of pyridine rings is 1. The van der Waals surface area contributed by atoms with E-state index in [1.807, 2.05) is 12.4 Å². The average Bonchev–Trinajstić information content (AvgIpc) is 3.08. The molecule has 0 radical (unpaired) electrons. The predicted octanol–water partition coefficient (Wildman–Crippen LogP) is 3.61. The fourth-order valence-corrected chi connectivity index (χ4v) is 3.73. The predicted molar refractivity (Wildman–Crippen MR) is 99.9 cm³/mol. The Morgan fingerprint density at radius 1 is 1.08 bits per heavy atom. The van der Waals surface area contributed by atoms with E-state index in [-0.39, 0.29) is 0 Å². The van der Waals surface area contributed by atoms with E-state index in [1.165, 1.54) is 43.6 Å². The van der Waals surface area contributed by atoms with Crippen molar-refractivity contribution in [3.63, 3.8) is 0 Å². The van der Waals surface area contributed by atoms with Crippen molar-refractivity contribution in [3.8, 4) is 0 Å². The molecule has 1 unspecified atom stereocenters. The number of benzene rings is 1. The Hall–Kier alpha value is -1.71. The number of aromatic nitrogens is 1. The van der Waals surface area contributed by atoms with Crippen LogP contribution in [-0.2, 0) is 13.0 Å². The standard InChI is InChI=1S/C21H29N3/c1-2-24-15-6-9-21(24)18-23(17-20-10-13-22-14-11-20)16-12-19-7-4-3-5-8-19/h3-5,7-8,10-11,13-14,21H,2,6,9,12,15-18H2,1H3. The monoisotopic (exact) mass is 323 g/mol. The summed E-state index contributed by atoms with van der Waals surface area (Å²) in [7, 11) is 0. The molecule has 0 N–H and O–H groups in total. The fraction of sp³-hybridized carbons (Fsp3) is 0.476. The van der Waals surface area contributed by atoms with Gasteiger partial charge < -0.3 is 0 Å². The van der Waals surface area contributed by atoms with Crippen molar-refractivity contribution in [2.75, 3.05) is 26.2 Å². The van der Waals surface area contributed by atoms with Crippen molar-refractivity contribution in [1.29, 1.82) is 0 Å². The summed E-state index contributed by atoms with van der Waals surface area (Å²) in [5, 5.41) is 0. The van der Waals surface area contributed by atoms with Crippen molar-refractivity contribution < 1.29 is 0 Å². The number of likely N-dealkylation sites (tertiary alicyclic amines) is 1. The molecule has 0 saturated carbocycles. The van der Waals surface area contributed by atoms with Crippen LogP contribution in [0.25, 0.3) is 0 Å². The molecule has 1 aliphatic rings. The molecule has 1 aromatic carbocycles. The first-order valence-corrected chi connectivity index (χ1v) is 9.24. The largest absolute Gasteiger partial charge is 0.299 e. The Balaban J connectivity index is 1.63. The second-order valence-electron chi connectivity index (χ2n) is 6.75. The van der Waals surface area contributed by atoms with Crippen LogP contribution in [0.1, 0.15) is 30.9 Å². The zero-order valence-electron chi connectivity index (χ0n) is 14.8. The molecule has 3 nitrogen and oxygen atoms in total. The van der Waals surface area contributed by atoms with Gasteiger partial charge in [0, 0.05) is 38.1 Å². The SMILES string of the molecule is CCN1CCCC1CN(CCc1ccccc1)Cc1ccncc1. The summed E-state index contributed by atoms with van der Waals surface area (Å²) in [4.78, 5) is 9.42. The minimum Gasteiger partial charge on any atom is -0.299 e. The van der Waals surface area contributed by atoms with Gasteiger partial charge in [0.15, 0.2) is 0 Å². The summed E-state index contributed by atoms with van der Waals surface area (Å²) >= 11 is 0. The molecular formula is C21H29N3. The topological polar surface area (TPSA) is 19.4 Å². The Bertz CT molecular complexity index is 585. The molecule has 0 amide bonds. The van der Waals surface area contributed by atoms with E-state index < -0.39 is 0 Å². The summed E-state index contributed by atoms with van der Waals surface area (Å²) in [6.07, 6.45) is 7.61. The fourth-order valence-electron chi connectivity index (χ4n) is 3.73. The van der Waals surface area contributed by atoms with Crippen molar-refractivity contribution in [2.24, 2.45) is 0 Å². The lowest BCUT2D eigenvalue weighted by Gasteiger charge is -2.30. The molecule has 0 spiro atoms. The summed E-state index contributed by atoms with van der Waals surface area (Å²) in [6.45, 7) is 8.03. The van der Waals surface area contributed by atoms with Gasteiger partial charge in [-0.15, -0.1) is 0 Å². The van der Waals surface area contributed by atoms with Gasteiger partial charge in [0.05, 0.1) is 0 Å². The lowest BCUT2D eigenvalue weighted by atomic mass is 10.1. The molecule has 2 aromatic rings. The van der Waals surface area contributed by atoms with Gasteiger partial charge in [-0.1, -0.05) is 37.3 Å². The Morgan fingerprint density at radius 2 is 1.88 bits per heavy atom. The molecule has 128 valence electrons. The summed E-state index contributed by atoms with van der Waals surface area (Å²) in [5.41, 5.74) is 2.79. The van der Waals surface area contributed by atoms with E-state index in [2.05, 4.69) is 64.2 Å². The van der Waals surface area contributed by atoms with Crippen LogP contribution in [0.5, 0.6) is 0 Å². The molecule has 2 heterocycles. The summed E-state index contributed by atoms with van der Waals surface area (Å²) < 4.78 is 0. The van der Waals surface area contributed by atoms with E-state index in [0.717, 1.165) is 19.5 Å². The second-order valence-corrected chi connectivity index (χ2v) is 6.75. The van der Waals surface area contributed by atoms with Crippen LogP contribution in [0.3, 0.4) is 0 Å². The van der Waals surface area contributed by atoms with Crippen LogP contribution < -0.4 is 0 Å². The zero-order valence-corrected chi connectivity index (χ0v) is 14.8. The van der Waals surface area contributed by atoms with Crippen molar-refractivity contribution in [2.45, 2.75) is 38.8 Å². The number of rotatable bonds is 8. The normalized spacial score (nSPS) is 18.3. The van der Waals surface area contributed by atoms with Gasteiger partial charge in [-0.2, -0.15) is 0 Å². The minimum absolute atomic E-state index is 0.715. The number of likely N-dealkylation sites (N-methyl/N-ethyl adjacent to an activating group) is 1.